The van der Waals surface area contributed by atoms with E-state index >= 15 is 0 Å². The number of anilines is 2. The Kier molecular flexibility index (Phi) is 7.19. The molecule has 0 atom stereocenters. The third-order valence-electron chi connectivity index (χ3n) is 7.77. The topological polar surface area (TPSA) is 154 Å². The molecule has 0 radical (unpaired) electrons. The maximum absolute atomic E-state index is 13.1. The van der Waals surface area contributed by atoms with E-state index in [9.17, 15) is 9.59 Å². The maximum Gasteiger partial charge on any atom is 0.246 e. The van der Waals surface area contributed by atoms with Gasteiger partial charge < -0.3 is 37.1 Å². The number of hydrogen-bond donors (Lipinski definition) is 5. The Bertz CT molecular complexity index is 1750. The number of carbonyl (C=O) groups excluding carboxylic acids is 2. The number of nitrogens with zero attached hydrogens (tertiary/aromatic N) is 2. The average molecular weight is 548 g/mol. The van der Waals surface area contributed by atoms with Crippen LogP contribution in [-0.4, -0.2) is 52.8 Å². The molecule has 1 aliphatic rings. The van der Waals surface area contributed by atoms with E-state index in [4.69, 9.17) is 22.3 Å². The molecular weight excluding hydrogens is 514 g/mol. The van der Waals surface area contributed by atoms with Gasteiger partial charge in [0.25, 0.3) is 0 Å². The molecule has 1 fully saturated rings. The van der Waals surface area contributed by atoms with Gasteiger partial charge in [-0.15, -0.1) is 0 Å². The summed E-state index contributed by atoms with van der Waals surface area (Å²) in [6, 6.07) is 13.4. The molecule has 1 saturated heterocycles. The number of nitrogen functional groups attached to an aromatic ring is 2. The van der Waals surface area contributed by atoms with Gasteiger partial charge in [-0.25, -0.2) is 0 Å². The number of nitrogens with one attached hydrogen (secondary N) is 3. The van der Waals surface area contributed by atoms with Gasteiger partial charge in [0, 0.05) is 81.8 Å². The molecule has 208 valence electrons. The van der Waals surface area contributed by atoms with Gasteiger partial charge in [0.2, 0.25) is 11.8 Å². The van der Waals surface area contributed by atoms with E-state index in [0.717, 1.165) is 44.3 Å². The number of fused-ring (bicyclic) bond motifs is 1. The van der Waals surface area contributed by atoms with Crippen LogP contribution in [0.4, 0.5) is 11.4 Å². The largest absolute Gasteiger partial charge is 0.398 e. The first-order valence-corrected chi connectivity index (χ1v) is 13.3. The van der Waals surface area contributed by atoms with Crippen LogP contribution in [0.15, 0.2) is 61.3 Å². The lowest BCUT2D eigenvalue weighted by molar-refractivity contribution is -0.133. The number of amides is 2. The number of aromatic nitrogens is 1. The fraction of sp³-hybridized carbons (Fsp3) is 0.188. The SMILES string of the molecule is C=CC(=O)N1CC(NC(=O)Cn2cc(-c3c(C)ccc(C=N)c3N)c3cc(-c4c(C)ccc(C=N)c4N)ccc32)C1. The molecule has 9 heteroatoms. The highest BCUT2D eigenvalue weighted by atomic mass is 16.2. The second-order valence-electron chi connectivity index (χ2n) is 10.4. The first kappa shape index (κ1) is 27.4. The van der Waals surface area contributed by atoms with E-state index in [1.807, 2.05) is 67.1 Å². The molecule has 2 heterocycles. The number of likely N-dealkylation sites (tertiary alicyclic amines) is 1. The van der Waals surface area contributed by atoms with Crippen LogP contribution in [0.25, 0.3) is 33.2 Å². The number of aryl methyl sites for hydroxylation is 2. The zero-order valence-electron chi connectivity index (χ0n) is 23.1. The van der Waals surface area contributed by atoms with Crippen molar-refractivity contribution in [3.05, 3.63) is 83.6 Å². The summed E-state index contributed by atoms with van der Waals surface area (Å²) in [5.74, 6) is -0.306. The Balaban J connectivity index is 1.60. The summed E-state index contributed by atoms with van der Waals surface area (Å²) in [7, 11) is 0. The summed E-state index contributed by atoms with van der Waals surface area (Å²) in [5, 5.41) is 19.5. The summed E-state index contributed by atoms with van der Waals surface area (Å²) in [5.41, 5.74) is 21.5. The molecule has 4 aromatic rings. The van der Waals surface area contributed by atoms with Crippen LogP contribution in [0.1, 0.15) is 22.3 Å². The third-order valence-corrected chi connectivity index (χ3v) is 7.77. The molecule has 0 bridgehead atoms. The first-order chi connectivity index (χ1) is 19.7. The van der Waals surface area contributed by atoms with Crippen LogP contribution in [0.5, 0.6) is 0 Å². The normalized spacial score (nSPS) is 13.1. The standard InChI is InChI=1S/C32H33N7O2/c1-4-28(41)39-14-23(15-39)37-27(40)17-38-16-25(30-19(3)6-8-22(13-34)32(30)36)24-11-20(9-10-26(24)38)29-18(2)5-7-21(12-33)31(29)35/h4-13,16,23,33-34H,1,14-15,17,35-36H2,2-3H3,(H,37,40). The molecule has 1 aliphatic heterocycles. The van der Waals surface area contributed by atoms with Crippen molar-refractivity contribution in [2.75, 3.05) is 24.6 Å². The molecule has 3 aromatic carbocycles. The van der Waals surface area contributed by atoms with Crippen molar-refractivity contribution in [2.24, 2.45) is 0 Å². The van der Waals surface area contributed by atoms with E-state index < -0.39 is 0 Å². The molecular formula is C32H33N7O2. The van der Waals surface area contributed by atoms with E-state index in [1.165, 1.54) is 18.5 Å². The Labute approximate surface area is 238 Å². The van der Waals surface area contributed by atoms with Crippen LogP contribution >= 0.6 is 0 Å². The second-order valence-corrected chi connectivity index (χ2v) is 10.4. The molecule has 41 heavy (non-hydrogen) atoms. The van der Waals surface area contributed by atoms with E-state index in [2.05, 4.69) is 11.9 Å². The molecule has 0 unspecified atom stereocenters. The Morgan fingerprint density at radius 2 is 1.59 bits per heavy atom. The van der Waals surface area contributed by atoms with Crippen LogP contribution in [0.2, 0.25) is 0 Å². The molecule has 0 spiro atoms. The molecule has 7 N–H and O–H groups in total. The number of nitrogens with two attached hydrogens (primary N) is 2. The maximum atomic E-state index is 13.1. The minimum absolute atomic E-state index is 0.0788. The van der Waals surface area contributed by atoms with Gasteiger partial charge in [-0.2, -0.15) is 0 Å². The summed E-state index contributed by atoms with van der Waals surface area (Å²) in [4.78, 5) is 26.5. The zero-order chi connectivity index (χ0) is 29.4. The predicted molar refractivity (Wildman–Crippen MR) is 166 cm³/mol. The van der Waals surface area contributed by atoms with Gasteiger partial charge >= 0.3 is 0 Å². The number of rotatable bonds is 8. The molecule has 1 aromatic heterocycles. The number of hydrogen-bond acceptors (Lipinski definition) is 6. The molecule has 0 aliphatic carbocycles. The Morgan fingerprint density at radius 3 is 2.20 bits per heavy atom. The average Bonchev–Trinajstić information content (AvgIpc) is 3.27. The smallest absolute Gasteiger partial charge is 0.246 e. The molecule has 5 rings (SSSR count). The van der Waals surface area contributed by atoms with Crippen molar-refractivity contribution >= 4 is 46.5 Å². The Hall–Kier alpha value is -5.18. The van der Waals surface area contributed by atoms with Crippen LogP contribution in [-0.2, 0) is 16.1 Å². The highest BCUT2D eigenvalue weighted by molar-refractivity contribution is 6.05. The summed E-state index contributed by atoms with van der Waals surface area (Å²) >= 11 is 0. The highest BCUT2D eigenvalue weighted by Gasteiger charge is 2.30. The minimum atomic E-state index is -0.162. The number of benzene rings is 3. The van der Waals surface area contributed by atoms with Crippen molar-refractivity contribution in [3.8, 4) is 22.3 Å². The second kappa shape index (κ2) is 10.8. The lowest BCUT2D eigenvalue weighted by Crippen LogP contribution is -2.61. The van der Waals surface area contributed by atoms with Gasteiger partial charge in [-0.1, -0.05) is 36.9 Å². The molecule has 9 nitrogen and oxygen atoms in total. The Morgan fingerprint density at radius 1 is 0.976 bits per heavy atom. The van der Waals surface area contributed by atoms with Crippen molar-refractivity contribution in [3.63, 3.8) is 0 Å². The molecule has 0 saturated carbocycles. The zero-order valence-corrected chi connectivity index (χ0v) is 23.1. The third kappa shape index (κ3) is 4.86. The quantitative estimate of drug-likeness (QED) is 0.127. The van der Waals surface area contributed by atoms with Crippen molar-refractivity contribution in [2.45, 2.75) is 26.4 Å². The fourth-order valence-electron chi connectivity index (χ4n) is 5.57. The lowest BCUT2D eigenvalue weighted by atomic mass is 9.92. The number of carbonyl (C=O) groups is 2. The van der Waals surface area contributed by atoms with Crippen molar-refractivity contribution < 1.29 is 9.59 Å². The van der Waals surface area contributed by atoms with Crippen LogP contribution in [0, 0.1) is 24.7 Å². The van der Waals surface area contributed by atoms with Gasteiger partial charge in [-0.3, -0.25) is 9.59 Å². The lowest BCUT2D eigenvalue weighted by Gasteiger charge is -2.38. The predicted octanol–water partition coefficient (Wildman–Crippen LogP) is 4.26. The van der Waals surface area contributed by atoms with Crippen molar-refractivity contribution in [1.82, 2.24) is 14.8 Å². The van der Waals surface area contributed by atoms with E-state index in [-0.39, 0.29) is 24.4 Å². The van der Waals surface area contributed by atoms with E-state index in [1.54, 1.807) is 4.90 Å². The summed E-state index contributed by atoms with van der Waals surface area (Å²) < 4.78 is 1.90. The van der Waals surface area contributed by atoms with Gasteiger partial charge in [-0.05, 0) is 48.7 Å². The summed E-state index contributed by atoms with van der Waals surface area (Å²) in [6.07, 6.45) is 5.69. The van der Waals surface area contributed by atoms with Crippen molar-refractivity contribution in [1.29, 1.82) is 10.8 Å². The highest BCUT2D eigenvalue weighted by Crippen LogP contribution is 2.40. The fourth-order valence-corrected chi connectivity index (χ4v) is 5.57. The molecule has 2 amide bonds. The van der Waals surface area contributed by atoms with E-state index in [0.29, 0.717) is 35.6 Å². The van der Waals surface area contributed by atoms with Crippen LogP contribution in [0.3, 0.4) is 0 Å². The van der Waals surface area contributed by atoms with Gasteiger partial charge in [0.15, 0.2) is 0 Å². The monoisotopic (exact) mass is 547 g/mol. The minimum Gasteiger partial charge on any atom is -0.398 e. The first-order valence-electron chi connectivity index (χ1n) is 13.3. The van der Waals surface area contributed by atoms with Gasteiger partial charge in [0.05, 0.1) is 6.04 Å². The van der Waals surface area contributed by atoms with Gasteiger partial charge in [0.1, 0.15) is 6.54 Å². The summed E-state index contributed by atoms with van der Waals surface area (Å²) in [6.45, 7) is 8.46. The van der Waals surface area contributed by atoms with Crippen LogP contribution < -0.4 is 16.8 Å².